The molecule has 90 valence electrons. The van der Waals surface area contributed by atoms with Crippen molar-refractivity contribution >= 4 is 29.1 Å². The van der Waals surface area contributed by atoms with E-state index in [0.29, 0.717) is 0 Å². The average Bonchev–Trinajstić information content (AvgIpc) is 2.29. The van der Waals surface area contributed by atoms with Gasteiger partial charge in [0.2, 0.25) is 11.5 Å². The third-order valence-corrected chi connectivity index (χ3v) is 2.23. The minimum atomic E-state index is -1.06. The maximum Gasteiger partial charge on any atom is 0.362 e. The molecule has 1 aromatic carbocycles. The molecular weight excluding hydrogens is 251 g/mol. The first-order chi connectivity index (χ1) is 8.02. The van der Waals surface area contributed by atoms with E-state index >= 15 is 0 Å². The normalized spacial score (nSPS) is 11.1. The van der Waals surface area contributed by atoms with Crippen LogP contribution >= 0.6 is 11.6 Å². The van der Waals surface area contributed by atoms with Crippen molar-refractivity contribution in [2.75, 3.05) is 7.11 Å². The second-order valence-electron chi connectivity index (χ2n) is 2.90. The van der Waals surface area contributed by atoms with Crippen molar-refractivity contribution < 1.29 is 18.7 Å². The first-order valence-electron chi connectivity index (χ1n) is 4.37. The lowest BCUT2D eigenvalue weighted by Gasteiger charge is -2.05. The molecule has 0 bridgehead atoms. The number of nitrogens with two attached hydrogens (primary N) is 1. The third kappa shape index (κ3) is 2.59. The van der Waals surface area contributed by atoms with Gasteiger partial charge in [0.1, 0.15) is 5.82 Å². The molecule has 17 heavy (non-hydrogen) atoms. The predicted molar refractivity (Wildman–Crippen MR) is 59.4 cm³/mol. The Kier molecular flexibility index (Phi) is 4.17. The Hall–Kier alpha value is -1.95. The molecule has 0 fully saturated rings. The molecule has 2 N–H and O–H groups in total. The topological polar surface area (TPSA) is 81.8 Å². The van der Waals surface area contributed by atoms with Crippen molar-refractivity contribution in [2.24, 2.45) is 10.9 Å². The Bertz CT molecular complexity index is 482. The molecule has 1 rings (SSSR count). The number of halogens is 2. The van der Waals surface area contributed by atoms with Crippen molar-refractivity contribution in [1.82, 2.24) is 0 Å². The molecule has 0 aromatic heterocycles. The fourth-order valence-corrected chi connectivity index (χ4v) is 1.38. The van der Waals surface area contributed by atoms with Gasteiger partial charge >= 0.3 is 5.97 Å². The number of hydrazone groups is 1. The fraction of sp³-hybridized carbons (Fsp3) is 0.100. The summed E-state index contributed by atoms with van der Waals surface area (Å²) in [6.07, 6.45) is 0. The molecule has 0 heterocycles. The minimum absolute atomic E-state index is 0.139. The highest BCUT2D eigenvalue weighted by Gasteiger charge is 2.27. The fourth-order valence-electron chi connectivity index (χ4n) is 1.13. The number of Topliss-reactive ketones (excluding diaryl/α,β-unsaturated/α-hetero) is 1. The molecule has 0 saturated carbocycles. The van der Waals surface area contributed by atoms with Crippen molar-refractivity contribution in [3.05, 3.63) is 34.6 Å². The Balaban J connectivity index is 3.25. The summed E-state index contributed by atoms with van der Waals surface area (Å²) in [5.41, 5.74) is -1.19. The summed E-state index contributed by atoms with van der Waals surface area (Å²) in [5, 5.41) is 2.85. The van der Waals surface area contributed by atoms with Crippen LogP contribution in [0.3, 0.4) is 0 Å². The van der Waals surface area contributed by atoms with Crippen LogP contribution in [-0.4, -0.2) is 24.6 Å². The van der Waals surface area contributed by atoms with Crippen LogP contribution in [0.15, 0.2) is 23.3 Å². The zero-order valence-corrected chi connectivity index (χ0v) is 9.49. The number of carbonyl (C=O) groups excluding carboxylic acids is 2. The Labute approximate surface area is 101 Å². The number of ether oxygens (including phenoxy) is 1. The van der Waals surface area contributed by atoms with E-state index in [-0.39, 0.29) is 5.02 Å². The summed E-state index contributed by atoms with van der Waals surface area (Å²) in [7, 11) is 1.05. The third-order valence-electron chi connectivity index (χ3n) is 1.91. The van der Waals surface area contributed by atoms with Crippen LogP contribution in [0, 0.1) is 5.82 Å². The second kappa shape index (κ2) is 5.40. The van der Waals surface area contributed by atoms with Crippen LogP contribution in [0.25, 0.3) is 0 Å². The summed E-state index contributed by atoms with van der Waals surface area (Å²) in [6.45, 7) is 0. The Morgan fingerprint density at radius 2 is 2.12 bits per heavy atom. The van der Waals surface area contributed by atoms with Gasteiger partial charge in [-0.2, -0.15) is 5.10 Å². The molecule has 0 aliphatic rings. The van der Waals surface area contributed by atoms with Gasteiger partial charge in [-0.05, 0) is 12.1 Å². The SMILES string of the molecule is COC(=O)C(=NN)C(=O)c1c(F)cccc1Cl. The summed E-state index contributed by atoms with van der Waals surface area (Å²) < 4.78 is 17.7. The summed E-state index contributed by atoms with van der Waals surface area (Å²) in [5.74, 6) is 1.94. The minimum Gasteiger partial charge on any atom is -0.464 e. The predicted octanol–water partition coefficient (Wildman–Crippen LogP) is 1.15. The van der Waals surface area contributed by atoms with E-state index in [1.807, 2.05) is 0 Å². The van der Waals surface area contributed by atoms with Gasteiger partial charge in [0, 0.05) is 0 Å². The maximum atomic E-state index is 13.4. The highest BCUT2D eigenvalue weighted by Crippen LogP contribution is 2.20. The number of rotatable bonds is 3. The molecule has 0 radical (unpaired) electrons. The molecule has 0 atom stereocenters. The lowest BCUT2D eigenvalue weighted by molar-refractivity contribution is -0.132. The van der Waals surface area contributed by atoms with E-state index in [9.17, 15) is 14.0 Å². The van der Waals surface area contributed by atoms with Gasteiger partial charge in [0.15, 0.2) is 0 Å². The highest BCUT2D eigenvalue weighted by molar-refractivity contribution is 6.68. The molecule has 1 aromatic rings. The second-order valence-corrected chi connectivity index (χ2v) is 3.30. The first-order valence-corrected chi connectivity index (χ1v) is 4.75. The van der Waals surface area contributed by atoms with Crippen molar-refractivity contribution in [2.45, 2.75) is 0 Å². The lowest BCUT2D eigenvalue weighted by Crippen LogP contribution is -2.28. The van der Waals surface area contributed by atoms with Gasteiger partial charge in [-0.1, -0.05) is 17.7 Å². The van der Waals surface area contributed by atoms with Crippen LogP contribution in [0.1, 0.15) is 10.4 Å². The van der Waals surface area contributed by atoms with Gasteiger partial charge in [-0.3, -0.25) is 4.79 Å². The monoisotopic (exact) mass is 258 g/mol. The van der Waals surface area contributed by atoms with Crippen molar-refractivity contribution in [1.29, 1.82) is 0 Å². The van der Waals surface area contributed by atoms with Gasteiger partial charge in [0.05, 0.1) is 17.7 Å². The van der Waals surface area contributed by atoms with Gasteiger partial charge in [0.25, 0.3) is 0 Å². The number of hydrogen-bond acceptors (Lipinski definition) is 5. The van der Waals surface area contributed by atoms with E-state index in [1.165, 1.54) is 12.1 Å². The van der Waals surface area contributed by atoms with E-state index in [0.717, 1.165) is 13.2 Å². The largest absolute Gasteiger partial charge is 0.464 e. The molecule has 0 aliphatic carbocycles. The number of carbonyl (C=O) groups is 2. The van der Waals surface area contributed by atoms with Crippen molar-refractivity contribution in [3.8, 4) is 0 Å². The highest BCUT2D eigenvalue weighted by atomic mass is 35.5. The van der Waals surface area contributed by atoms with Crippen LogP contribution < -0.4 is 5.84 Å². The summed E-state index contributed by atoms with van der Waals surface area (Å²) >= 11 is 5.66. The number of hydrogen-bond donors (Lipinski definition) is 1. The molecular formula is C10H8ClFN2O3. The zero-order chi connectivity index (χ0) is 13.0. The van der Waals surface area contributed by atoms with Crippen molar-refractivity contribution in [3.63, 3.8) is 0 Å². The van der Waals surface area contributed by atoms with Crippen LogP contribution in [0.2, 0.25) is 5.02 Å². The molecule has 0 aliphatic heterocycles. The van der Waals surface area contributed by atoms with Gasteiger partial charge < -0.3 is 10.6 Å². The average molecular weight is 259 g/mol. The number of ketones is 1. The number of benzene rings is 1. The van der Waals surface area contributed by atoms with Crippen LogP contribution in [0.4, 0.5) is 4.39 Å². The van der Waals surface area contributed by atoms with E-state index in [4.69, 9.17) is 17.4 Å². The number of esters is 1. The molecule has 0 amide bonds. The Morgan fingerprint density at radius 1 is 1.47 bits per heavy atom. The maximum absolute atomic E-state index is 13.4. The zero-order valence-electron chi connectivity index (χ0n) is 8.74. The standard InChI is InChI=1S/C10H8ClFN2O3/c1-17-10(16)8(14-13)9(15)7-5(11)3-2-4-6(7)12/h2-4H,13H2,1H3. The summed E-state index contributed by atoms with van der Waals surface area (Å²) in [6, 6.07) is 3.67. The van der Waals surface area contributed by atoms with E-state index in [1.54, 1.807) is 0 Å². The lowest BCUT2D eigenvalue weighted by atomic mass is 10.1. The molecule has 7 heteroatoms. The molecule has 0 saturated heterocycles. The molecule has 0 unspecified atom stereocenters. The van der Waals surface area contributed by atoms with Gasteiger partial charge in [-0.15, -0.1) is 0 Å². The van der Waals surface area contributed by atoms with Gasteiger partial charge in [-0.25, -0.2) is 9.18 Å². The van der Waals surface area contributed by atoms with Crippen LogP contribution in [-0.2, 0) is 9.53 Å². The van der Waals surface area contributed by atoms with Crippen LogP contribution in [0.5, 0.6) is 0 Å². The first kappa shape index (κ1) is 13.1. The number of nitrogens with zero attached hydrogens (tertiary/aromatic N) is 1. The molecule has 0 spiro atoms. The van der Waals surface area contributed by atoms with E-state index in [2.05, 4.69) is 9.84 Å². The quantitative estimate of drug-likeness (QED) is 0.220. The summed E-state index contributed by atoms with van der Waals surface area (Å²) in [4.78, 5) is 22.9. The smallest absolute Gasteiger partial charge is 0.362 e. The number of methoxy groups -OCH3 is 1. The molecule has 5 nitrogen and oxygen atoms in total. The Morgan fingerprint density at radius 3 is 2.59 bits per heavy atom. The van der Waals surface area contributed by atoms with E-state index < -0.39 is 28.8 Å².